The number of hydrogen-bond donors (Lipinski definition) is 2. The van der Waals surface area contributed by atoms with E-state index in [1.54, 1.807) is 0 Å². The van der Waals surface area contributed by atoms with Crippen LogP contribution in [0, 0.1) is 6.92 Å². The van der Waals surface area contributed by atoms with Crippen LogP contribution in [0.25, 0.3) is 10.9 Å². The van der Waals surface area contributed by atoms with Gasteiger partial charge in [-0.15, -0.1) is 0 Å². The van der Waals surface area contributed by atoms with Crippen LogP contribution in [-0.2, 0) is 17.9 Å². The van der Waals surface area contributed by atoms with Gasteiger partial charge in [0.2, 0.25) is 5.91 Å². The molecule has 22 heavy (non-hydrogen) atoms. The lowest BCUT2D eigenvalue weighted by Gasteiger charge is -2.07. The van der Waals surface area contributed by atoms with Crippen molar-refractivity contribution in [3.63, 3.8) is 0 Å². The van der Waals surface area contributed by atoms with Crippen molar-refractivity contribution >= 4 is 22.5 Å². The number of rotatable bonds is 4. The predicted molar refractivity (Wildman–Crippen MR) is 87.7 cm³/mol. The van der Waals surface area contributed by atoms with Gasteiger partial charge in [0, 0.05) is 28.4 Å². The van der Waals surface area contributed by atoms with Crippen LogP contribution in [0.15, 0.2) is 54.7 Å². The van der Waals surface area contributed by atoms with E-state index in [0.29, 0.717) is 0 Å². The predicted octanol–water partition coefficient (Wildman–Crippen LogP) is 3.08. The Bertz CT molecular complexity index is 804. The van der Waals surface area contributed by atoms with E-state index < -0.39 is 0 Å². The number of fused-ring (bicyclic) bond motifs is 1. The SMILES string of the molecule is Cc1ccc(NC(=O)Cn2cc(CO)c3ccccc32)cc1. The standard InChI is InChI=1S/C18H18N2O2/c1-13-6-8-15(9-7-13)19-18(22)11-20-10-14(12-21)16-4-2-3-5-17(16)20/h2-10,21H,11-12H2,1H3,(H,19,22). The molecule has 4 nitrogen and oxygen atoms in total. The molecule has 2 aromatic carbocycles. The van der Waals surface area contributed by atoms with Crippen molar-refractivity contribution in [2.24, 2.45) is 0 Å². The molecule has 4 heteroatoms. The Kier molecular flexibility index (Phi) is 3.94. The zero-order chi connectivity index (χ0) is 15.5. The number of hydrogen-bond acceptors (Lipinski definition) is 2. The van der Waals surface area contributed by atoms with Gasteiger partial charge >= 0.3 is 0 Å². The maximum atomic E-state index is 12.2. The first kappa shape index (κ1) is 14.4. The molecule has 0 radical (unpaired) electrons. The summed E-state index contributed by atoms with van der Waals surface area (Å²) >= 11 is 0. The summed E-state index contributed by atoms with van der Waals surface area (Å²) in [6.07, 6.45) is 1.83. The van der Waals surface area contributed by atoms with Crippen LogP contribution in [0.4, 0.5) is 5.69 Å². The second-order valence-corrected chi connectivity index (χ2v) is 5.37. The van der Waals surface area contributed by atoms with Gasteiger partial charge in [0.15, 0.2) is 0 Å². The summed E-state index contributed by atoms with van der Waals surface area (Å²) in [5.41, 5.74) is 3.72. The third-order valence-electron chi connectivity index (χ3n) is 3.69. The largest absolute Gasteiger partial charge is 0.392 e. The second-order valence-electron chi connectivity index (χ2n) is 5.37. The van der Waals surface area contributed by atoms with Crippen LogP contribution in [0.3, 0.4) is 0 Å². The number of carbonyl (C=O) groups is 1. The molecule has 0 spiro atoms. The Morgan fingerprint density at radius 1 is 1.14 bits per heavy atom. The molecule has 1 amide bonds. The van der Waals surface area contributed by atoms with Crippen LogP contribution >= 0.6 is 0 Å². The minimum Gasteiger partial charge on any atom is -0.392 e. The maximum Gasteiger partial charge on any atom is 0.244 e. The molecule has 0 fully saturated rings. The fraction of sp³-hybridized carbons (Fsp3) is 0.167. The molecule has 1 aromatic heterocycles. The third kappa shape index (κ3) is 2.87. The molecule has 0 atom stereocenters. The molecule has 0 saturated carbocycles. The Labute approximate surface area is 129 Å². The maximum absolute atomic E-state index is 12.2. The second kappa shape index (κ2) is 6.03. The molecule has 0 aliphatic heterocycles. The summed E-state index contributed by atoms with van der Waals surface area (Å²) in [6.45, 7) is 2.19. The quantitative estimate of drug-likeness (QED) is 0.777. The molecule has 0 aliphatic carbocycles. The Morgan fingerprint density at radius 3 is 2.59 bits per heavy atom. The topological polar surface area (TPSA) is 54.3 Å². The normalized spacial score (nSPS) is 10.8. The highest BCUT2D eigenvalue weighted by atomic mass is 16.3. The summed E-state index contributed by atoms with van der Waals surface area (Å²) in [7, 11) is 0. The van der Waals surface area contributed by atoms with Gasteiger partial charge in [0.25, 0.3) is 0 Å². The highest BCUT2D eigenvalue weighted by Gasteiger charge is 2.10. The average molecular weight is 294 g/mol. The Hall–Kier alpha value is -2.59. The number of aryl methyl sites for hydroxylation is 1. The molecule has 0 bridgehead atoms. The molecule has 0 saturated heterocycles. The minimum atomic E-state index is -0.0888. The zero-order valence-electron chi connectivity index (χ0n) is 12.4. The number of aromatic nitrogens is 1. The molecule has 0 unspecified atom stereocenters. The van der Waals surface area contributed by atoms with E-state index in [1.807, 2.05) is 66.2 Å². The first-order valence-electron chi connectivity index (χ1n) is 7.21. The molecule has 3 rings (SSSR count). The number of benzene rings is 2. The smallest absolute Gasteiger partial charge is 0.244 e. The van der Waals surface area contributed by atoms with E-state index in [-0.39, 0.29) is 19.1 Å². The molecular weight excluding hydrogens is 276 g/mol. The Morgan fingerprint density at radius 2 is 1.86 bits per heavy atom. The minimum absolute atomic E-state index is 0.0346. The van der Waals surface area contributed by atoms with Crippen LogP contribution in [-0.4, -0.2) is 15.6 Å². The first-order chi connectivity index (χ1) is 10.7. The van der Waals surface area contributed by atoms with E-state index in [4.69, 9.17) is 0 Å². The van der Waals surface area contributed by atoms with Gasteiger partial charge in [-0.2, -0.15) is 0 Å². The Balaban J connectivity index is 1.80. The average Bonchev–Trinajstić information content (AvgIpc) is 2.88. The number of aliphatic hydroxyl groups excluding tert-OH is 1. The highest BCUT2D eigenvalue weighted by Crippen LogP contribution is 2.21. The number of carbonyl (C=O) groups excluding carboxylic acids is 1. The van der Waals surface area contributed by atoms with Crippen molar-refractivity contribution in [1.82, 2.24) is 4.57 Å². The molecular formula is C18H18N2O2. The van der Waals surface area contributed by atoms with Gasteiger partial charge in [0.1, 0.15) is 6.54 Å². The van der Waals surface area contributed by atoms with Crippen LogP contribution in [0.1, 0.15) is 11.1 Å². The molecule has 1 heterocycles. The van der Waals surface area contributed by atoms with E-state index >= 15 is 0 Å². The number of para-hydroxylation sites is 1. The van der Waals surface area contributed by atoms with Crippen molar-refractivity contribution in [1.29, 1.82) is 0 Å². The van der Waals surface area contributed by atoms with Gasteiger partial charge < -0.3 is 15.0 Å². The van der Waals surface area contributed by atoms with Crippen LogP contribution < -0.4 is 5.32 Å². The lowest BCUT2D eigenvalue weighted by molar-refractivity contribution is -0.116. The summed E-state index contributed by atoms with van der Waals surface area (Å²) < 4.78 is 1.87. The molecule has 2 N–H and O–H groups in total. The van der Waals surface area contributed by atoms with Crippen molar-refractivity contribution in [2.75, 3.05) is 5.32 Å². The molecule has 0 aliphatic rings. The number of nitrogens with zero attached hydrogens (tertiary/aromatic N) is 1. The van der Waals surface area contributed by atoms with Crippen molar-refractivity contribution in [2.45, 2.75) is 20.1 Å². The van der Waals surface area contributed by atoms with E-state index in [9.17, 15) is 9.90 Å². The fourth-order valence-corrected chi connectivity index (χ4v) is 2.57. The number of aliphatic hydroxyl groups is 1. The van der Waals surface area contributed by atoms with Gasteiger partial charge in [0.05, 0.1) is 6.61 Å². The first-order valence-corrected chi connectivity index (χ1v) is 7.21. The van der Waals surface area contributed by atoms with Gasteiger partial charge in [-0.25, -0.2) is 0 Å². The van der Waals surface area contributed by atoms with E-state index in [1.165, 1.54) is 0 Å². The van der Waals surface area contributed by atoms with E-state index in [2.05, 4.69) is 5.32 Å². The molecule has 112 valence electrons. The van der Waals surface area contributed by atoms with Crippen molar-refractivity contribution in [3.8, 4) is 0 Å². The summed E-state index contributed by atoms with van der Waals surface area (Å²) in [5.74, 6) is -0.0888. The van der Waals surface area contributed by atoms with Gasteiger partial charge in [-0.1, -0.05) is 35.9 Å². The summed E-state index contributed by atoms with van der Waals surface area (Å²) in [6, 6.07) is 15.5. The third-order valence-corrected chi connectivity index (χ3v) is 3.69. The van der Waals surface area contributed by atoms with Crippen molar-refractivity contribution in [3.05, 3.63) is 65.9 Å². The number of amides is 1. The van der Waals surface area contributed by atoms with Gasteiger partial charge in [-0.05, 0) is 25.1 Å². The van der Waals surface area contributed by atoms with Gasteiger partial charge in [-0.3, -0.25) is 4.79 Å². The lowest BCUT2D eigenvalue weighted by Crippen LogP contribution is -2.18. The van der Waals surface area contributed by atoms with Crippen LogP contribution in [0.5, 0.6) is 0 Å². The summed E-state index contributed by atoms with van der Waals surface area (Å²) in [4.78, 5) is 12.2. The zero-order valence-corrected chi connectivity index (χ0v) is 12.4. The molecule has 3 aromatic rings. The number of anilines is 1. The number of nitrogens with one attached hydrogen (secondary N) is 1. The van der Waals surface area contributed by atoms with Crippen LogP contribution in [0.2, 0.25) is 0 Å². The lowest BCUT2D eigenvalue weighted by atomic mass is 10.2. The highest BCUT2D eigenvalue weighted by molar-refractivity contribution is 5.92. The fourth-order valence-electron chi connectivity index (χ4n) is 2.57. The van der Waals surface area contributed by atoms with E-state index in [0.717, 1.165) is 27.7 Å². The summed E-state index contributed by atoms with van der Waals surface area (Å²) in [5, 5.41) is 13.3. The van der Waals surface area contributed by atoms with Crippen molar-refractivity contribution < 1.29 is 9.90 Å². The monoisotopic (exact) mass is 294 g/mol.